The molecule has 3 aliphatic heterocycles. The lowest BCUT2D eigenvalue weighted by Crippen LogP contribution is -2.46. The number of aliphatic hydroxyl groups excluding tert-OH is 1. The first kappa shape index (κ1) is 35.0. The quantitative estimate of drug-likeness (QED) is 0.401. The van der Waals surface area contributed by atoms with Crippen molar-refractivity contribution in [3.05, 3.63) is 77.0 Å². The zero-order chi connectivity index (χ0) is 32.4. The first-order valence-corrected chi connectivity index (χ1v) is 14.9. The number of β-amino-alcohol motifs (C(OH)–C–C–N with tert-alkyl or cyclic N) is 1. The summed E-state index contributed by atoms with van der Waals surface area (Å²) in [5.74, 6) is 0.0826. The Labute approximate surface area is 260 Å². The van der Waals surface area contributed by atoms with Crippen molar-refractivity contribution >= 4 is 18.0 Å². The van der Waals surface area contributed by atoms with Crippen LogP contribution < -0.4 is 0 Å². The molecule has 0 bridgehead atoms. The number of likely N-dealkylation sites (tertiary alicyclic amines) is 2. The Morgan fingerprint density at radius 1 is 0.886 bits per heavy atom. The molecule has 0 aliphatic carbocycles. The van der Waals surface area contributed by atoms with Crippen LogP contribution in [0.3, 0.4) is 0 Å². The molecular formula is C33H47N3O8. The number of rotatable bonds is 4. The summed E-state index contributed by atoms with van der Waals surface area (Å²) < 4.78 is 15.3. The van der Waals surface area contributed by atoms with E-state index in [4.69, 9.17) is 14.2 Å². The first-order valence-electron chi connectivity index (χ1n) is 14.9. The molecule has 11 heteroatoms. The second-order valence-electron chi connectivity index (χ2n) is 13.0. The van der Waals surface area contributed by atoms with Crippen LogP contribution in [0.5, 0.6) is 0 Å². The monoisotopic (exact) mass is 613 g/mol. The molecular weight excluding hydrogens is 566 g/mol. The Balaban J connectivity index is 0.000000194. The molecule has 1 N–H and O–H groups in total. The molecule has 1 atom stereocenters. The van der Waals surface area contributed by atoms with Crippen LogP contribution >= 0.6 is 0 Å². The summed E-state index contributed by atoms with van der Waals surface area (Å²) >= 11 is 0. The van der Waals surface area contributed by atoms with Gasteiger partial charge in [0.05, 0.1) is 39.5 Å². The lowest BCUT2D eigenvalue weighted by molar-refractivity contribution is -0.869. The highest BCUT2D eigenvalue weighted by molar-refractivity contribution is 5.91. The number of aliphatic hydroxyl groups is 1. The maximum Gasteiger partial charge on any atom is 0.410 e. The van der Waals surface area contributed by atoms with Gasteiger partial charge in [-0.1, -0.05) is 88.4 Å². The van der Waals surface area contributed by atoms with Crippen molar-refractivity contribution in [1.29, 1.82) is 0 Å². The number of benzene rings is 2. The molecule has 44 heavy (non-hydrogen) atoms. The smallest absolute Gasteiger partial charge is 0.410 e. The highest BCUT2D eigenvalue weighted by Crippen LogP contribution is 2.30. The lowest BCUT2D eigenvalue weighted by atomic mass is 9.90. The molecule has 2 aromatic rings. The summed E-state index contributed by atoms with van der Waals surface area (Å²) in [5, 5.41) is 20.8. The van der Waals surface area contributed by atoms with E-state index < -0.39 is 17.6 Å². The van der Waals surface area contributed by atoms with Crippen LogP contribution in [0.4, 0.5) is 9.59 Å². The summed E-state index contributed by atoms with van der Waals surface area (Å²) in [7, 11) is 1.68. The van der Waals surface area contributed by atoms with Crippen molar-refractivity contribution in [3.63, 3.8) is 0 Å². The van der Waals surface area contributed by atoms with Gasteiger partial charge in [-0.05, 0) is 11.1 Å². The van der Waals surface area contributed by atoms with Crippen molar-refractivity contribution < 1.29 is 38.3 Å². The van der Waals surface area contributed by atoms with Crippen LogP contribution in [0.2, 0.25) is 0 Å². The van der Waals surface area contributed by atoms with E-state index >= 15 is 0 Å². The predicted octanol–water partition coefficient (Wildman–Crippen LogP) is 4.22. The minimum absolute atomic E-state index is 0.0826. The molecule has 11 nitrogen and oxygen atoms in total. The number of ketones is 1. The van der Waals surface area contributed by atoms with E-state index in [2.05, 4.69) is 0 Å². The Bertz CT molecular complexity index is 1210. The molecule has 3 fully saturated rings. The standard InChI is InChI=1S/C14H19NO3.C14H17NO3.C5H11NO2/c2*1-14(2)10-15(8-12(14)16)13(17)18-9-11-6-4-3-5-7-11;1-6(7)2-4-8-5-3-6/h3-7,12,16H,8-10H2,1-2H3;3-7H,8-10H2,1-2H3;2-5H2,1H3. The molecule has 1 unspecified atom stereocenters. The van der Waals surface area contributed by atoms with Crippen molar-refractivity contribution in [2.75, 3.05) is 59.5 Å². The summed E-state index contributed by atoms with van der Waals surface area (Å²) in [5.41, 5.74) is 1.19. The average molecular weight is 614 g/mol. The average Bonchev–Trinajstić information content (AvgIpc) is 3.43. The number of carbonyl (C=O) groups excluding carboxylic acids is 3. The van der Waals surface area contributed by atoms with Crippen molar-refractivity contribution in [1.82, 2.24) is 9.80 Å². The zero-order valence-electron chi connectivity index (χ0n) is 26.6. The van der Waals surface area contributed by atoms with Crippen molar-refractivity contribution in [2.45, 2.75) is 47.0 Å². The third-order valence-electron chi connectivity index (χ3n) is 7.91. The molecule has 2 aromatic carbocycles. The summed E-state index contributed by atoms with van der Waals surface area (Å²) in [6.45, 7) is 12.0. The van der Waals surface area contributed by atoms with Gasteiger partial charge >= 0.3 is 12.2 Å². The van der Waals surface area contributed by atoms with E-state index in [-0.39, 0.29) is 41.7 Å². The molecule has 5 rings (SSSR count). The largest absolute Gasteiger partial charge is 0.633 e. The van der Waals surface area contributed by atoms with E-state index in [1.807, 2.05) is 88.4 Å². The van der Waals surface area contributed by atoms with E-state index in [1.165, 1.54) is 4.90 Å². The van der Waals surface area contributed by atoms with Gasteiger partial charge < -0.3 is 34.1 Å². The van der Waals surface area contributed by atoms with Gasteiger partial charge in [0.2, 0.25) is 0 Å². The van der Waals surface area contributed by atoms with E-state index in [0.717, 1.165) is 11.1 Å². The van der Waals surface area contributed by atoms with Gasteiger partial charge in [0, 0.05) is 23.9 Å². The number of Topliss-reactive ketones (excluding diaryl/α,β-unsaturated/α-hetero) is 1. The Morgan fingerprint density at radius 2 is 1.36 bits per heavy atom. The molecule has 3 aliphatic rings. The zero-order valence-corrected chi connectivity index (χ0v) is 26.6. The number of amides is 2. The number of morpholine rings is 1. The van der Waals surface area contributed by atoms with Gasteiger partial charge in [-0.25, -0.2) is 9.59 Å². The van der Waals surface area contributed by atoms with E-state index in [1.54, 1.807) is 11.9 Å². The van der Waals surface area contributed by atoms with Crippen molar-refractivity contribution in [3.8, 4) is 0 Å². The van der Waals surface area contributed by atoms with Crippen LogP contribution in [0.1, 0.15) is 38.8 Å². The maximum absolute atomic E-state index is 11.8. The third kappa shape index (κ3) is 10.9. The molecule has 0 saturated carbocycles. The Hall–Kier alpha value is -3.51. The predicted molar refractivity (Wildman–Crippen MR) is 165 cm³/mol. The number of nitrogens with zero attached hydrogens (tertiary/aromatic N) is 3. The molecule has 3 heterocycles. The van der Waals surface area contributed by atoms with Gasteiger partial charge in [-0.15, -0.1) is 0 Å². The number of hydrogen-bond acceptors (Lipinski definition) is 8. The van der Waals surface area contributed by atoms with Gasteiger partial charge in [-0.2, -0.15) is 0 Å². The van der Waals surface area contributed by atoms with E-state index in [9.17, 15) is 24.7 Å². The van der Waals surface area contributed by atoms with Crippen LogP contribution in [0.25, 0.3) is 0 Å². The molecule has 2 amide bonds. The fourth-order valence-corrected chi connectivity index (χ4v) is 4.74. The van der Waals surface area contributed by atoms with Crippen LogP contribution in [-0.4, -0.2) is 103 Å². The van der Waals surface area contributed by atoms with Gasteiger partial charge in [0.1, 0.15) is 26.3 Å². The van der Waals surface area contributed by atoms with Gasteiger partial charge in [0.25, 0.3) is 0 Å². The SMILES string of the molecule is CC1(C)CN(C(=O)OCc2ccccc2)CC1=O.CC1(C)CN(C(=O)OCc2ccccc2)CC1O.C[N+]1([O-])CCOCC1. The number of quaternary nitrogens is 1. The lowest BCUT2D eigenvalue weighted by Gasteiger charge is -2.41. The normalized spacial score (nSPS) is 21.3. The molecule has 0 spiro atoms. The van der Waals surface area contributed by atoms with Crippen LogP contribution in [0.15, 0.2) is 60.7 Å². The first-order chi connectivity index (χ1) is 20.7. The van der Waals surface area contributed by atoms with Gasteiger partial charge in [-0.3, -0.25) is 9.69 Å². The molecule has 0 radical (unpaired) electrons. The number of ether oxygens (including phenoxy) is 3. The number of carbonyl (C=O) groups is 3. The molecule has 3 saturated heterocycles. The van der Waals surface area contributed by atoms with Crippen molar-refractivity contribution in [2.24, 2.45) is 10.8 Å². The second kappa shape index (κ2) is 15.5. The molecule has 242 valence electrons. The minimum Gasteiger partial charge on any atom is -0.633 e. The number of hydroxylamine groups is 3. The topological polar surface area (TPSA) is 129 Å². The summed E-state index contributed by atoms with van der Waals surface area (Å²) in [6, 6.07) is 19.1. The highest BCUT2D eigenvalue weighted by atomic mass is 16.6. The number of hydrogen-bond donors (Lipinski definition) is 1. The minimum atomic E-state index is -0.484. The number of likely N-dealkylation sites (N-methyl/N-ethyl adjacent to an activating group) is 1. The fraction of sp³-hybridized carbons (Fsp3) is 0.545. The second-order valence-corrected chi connectivity index (χ2v) is 13.0. The van der Waals surface area contributed by atoms with Crippen LogP contribution in [0, 0.1) is 16.0 Å². The Morgan fingerprint density at radius 3 is 1.73 bits per heavy atom. The van der Waals surface area contributed by atoms with Gasteiger partial charge in [0.15, 0.2) is 5.78 Å². The highest BCUT2D eigenvalue weighted by Gasteiger charge is 2.41. The maximum atomic E-state index is 11.8. The summed E-state index contributed by atoms with van der Waals surface area (Å²) in [6.07, 6.45) is -1.26. The summed E-state index contributed by atoms with van der Waals surface area (Å²) in [4.78, 5) is 38.3. The Kier molecular flexibility index (Phi) is 12.3. The fourth-order valence-electron chi connectivity index (χ4n) is 4.74. The van der Waals surface area contributed by atoms with Crippen LogP contribution in [-0.2, 0) is 32.2 Å². The third-order valence-corrected chi connectivity index (χ3v) is 7.91. The molecule has 0 aromatic heterocycles. The van der Waals surface area contributed by atoms with E-state index in [0.29, 0.717) is 45.9 Å².